The van der Waals surface area contributed by atoms with E-state index in [4.69, 9.17) is 9.47 Å². The van der Waals surface area contributed by atoms with Crippen LogP contribution in [-0.2, 0) is 11.3 Å². The first kappa shape index (κ1) is 15.6. The maximum Gasteiger partial charge on any atom is 0.122 e. The number of fused-ring (bicyclic) bond motifs is 1. The molecule has 2 aliphatic heterocycles. The van der Waals surface area contributed by atoms with Crippen molar-refractivity contribution in [2.45, 2.75) is 26.5 Å². The molecule has 4 rings (SSSR count). The average Bonchev–Trinajstić information content (AvgIpc) is 3.22. The molecule has 0 bridgehead atoms. The van der Waals surface area contributed by atoms with Crippen molar-refractivity contribution in [3.05, 3.63) is 41.7 Å². The highest BCUT2D eigenvalue weighted by molar-refractivity contribution is 5.26. The fraction of sp³-hybridized carbons (Fsp3) is 0.556. The summed E-state index contributed by atoms with van der Waals surface area (Å²) >= 11 is 0. The molecule has 6 heteroatoms. The number of hydrogen-bond donors (Lipinski definition) is 1. The maximum absolute atomic E-state index is 6.04. The zero-order valence-corrected chi connectivity index (χ0v) is 14.2. The first-order valence-electron chi connectivity index (χ1n) is 8.57. The molecular formula is C18H24N4O2. The molecule has 3 atom stereocenters. The monoisotopic (exact) mass is 328 g/mol. The molecule has 0 saturated carbocycles. The highest BCUT2D eigenvalue weighted by Gasteiger charge is 2.44. The van der Waals surface area contributed by atoms with Gasteiger partial charge >= 0.3 is 0 Å². The van der Waals surface area contributed by atoms with E-state index in [1.165, 1.54) is 0 Å². The van der Waals surface area contributed by atoms with Crippen LogP contribution in [0.5, 0.6) is 5.75 Å². The normalized spacial score (nSPS) is 26.7. The minimum atomic E-state index is 0.328. The molecule has 128 valence electrons. The molecule has 2 aromatic heterocycles. The van der Waals surface area contributed by atoms with E-state index in [0.29, 0.717) is 24.5 Å². The number of H-pyrrole nitrogens is 1. The lowest BCUT2D eigenvalue weighted by atomic mass is 9.94. The van der Waals surface area contributed by atoms with Crippen LogP contribution in [0, 0.1) is 25.7 Å². The molecule has 0 amide bonds. The molecular weight excluding hydrogens is 304 g/mol. The number of imidazole rings is 1. The summed E-state index contributed by atoms with van der Waals surface area (Å²) in [4.78, 5) is 14.3. The van der Waals surface area contributed by atoms with Crippen LogP contribution in [0.2, 0.25) is 0 Å². The van der Waals surface area contributed by atoms with Crippen molar-refractivity contribution in [1.82, 2.24) is 19.9 Å². The standard InChI is InChI=1S/C18H24N4O2/c1-12-5-15(6-13(2)21-12)23-10-14-11-24-17-8-22(7-16(14)17)9-18-19-3-4-20-18/h3-6,14,16-17H,7-11H2,1-2H3,(H,19,20)/t14-,16+,17+/m1/s1. The average molecular weight is 328 g/mol. The molecule has 2 fully saturated rings. The second-order valence-corrected chi connectivity index (χ2v) is 6.92. The Morgan fingerprint density at radius 3 is 2.88 bits per heavy atom. The second kappa shape index (κ2) is 6.53. The molecule has 0 unspecified atom stereocenters. The fourth-order valence-electron chi connectivity index (χ4n) is 3.86. The summed E-state index contributed by atoms with van der Waals surface area (Å²) in [6, 6.07) is 4.00. The van der Waals surface area contributed by atoms with Crippen molar-refractivity contribution >= 4 is 0 Å². The number of hydrogen-bond acceptors (Lipinski definition) is 5. The zero-order valence-electron chi connectivity index (χ0n) is 14.2. The first-order chi connectivity index (χ1) is 11.7. The molecule has 2 aromatic rings. The van der Waals surface area contributed by atoms with Gasteiger partial charge in [-0.15, -0.1) is 0 Å². The van der Waals surface area contributed by atoms with Gasteiger partial charge in [0.2, 0.25) is 0 Å². The largest absolute Gasteiger partial charge is 0.493 e. The Bertz CT molecular complexity index is 668. The molecule has 0 spiro atoms. The van der Waals surface area contributed by atoms with E-state index in [1.54, 1.807) is 6.20 Å². The summed E-state index contributed by atoms with van der Waals surface area (Å²) in [5.41, 5.74) is 1.99. The SMILES string of the molecule is Cc1cc(OC[C@@H]2CO[C@H]3CN(Cc4ncc[nH]4)C[C@@H]23)cc(C)n1. The van der Waals surface area contributed by atoms with Gasteiger partial charge in [-0.3, -0.25) is 9.88 Å². The summed E-state index contributed by atoms with van der Waals surface area (Å²) in [7, 11) is 0. The van der Waals surface area contributed by atoms with Crippen LogP contribution in [0.25, 0.3) is 0 Å². The third-order valence-electron chi connectivity index (χ3n) is 4.96. The lowest BCUT2D eigenvalue weighted by molar-refractivity contribution is 0.0893. The number of aromatic amines is 1. The van der Waals surface area contributed by atoms with Gasteiger partial charge in [0.05, 0.1) is 25.9 Å². The van der Waals surface area contributed by atoms with E-state index in [9.17, 15) is 0 Å². The van der Waals surface area contributed by atoms with E-state index in [0.717, 1.165) is 49.2 Å². The van der Waals surface area contributed by atoms with Gasteiger partial charge in [0.15, 0.2) is 0 Å². The predicted octanol–water partition coefficient (Wildman–Crippen LogP) is 1.95. The van der Waals surface area contributed by atoms with E-state index >= 15 is 0 Å². The van der Waals surface area contributed by atoms with Gasteiger partial charge in [-0.2, -0.15) is 0 Å². The number of nitrogens with one attached hydrogen (secondary N) is 1. The fourth-order valence-corrected chi connectivity index (χ4v) is 3.86. The predicted molar refractivity (Wildman–Crippen MR) is 89.8 cm³/mol. The highest BCUT2D eigenvalue weighted by Crippen LogP contribution is 2.34. The zero-order chi connectivity index (χ0) is 16.5. The molecule has 2 saturated heterocycles. The van der Waals surface area contributed by atoms with Crippen LogP contribution in [-0.4, -0.2) is 52.3 Å². The van der Waals surface area contributed by atoms with Crippen LogP contribution >= 0.6 is 0 Å². The van der Waals surface area contributed by atoms with E-state index in [2.05, 4.69) is 19.9 Å². The molecule has 0 radical (unpaired) electrons. The van der Waals surface area contributed by atoms with Gasteiger partial charge in [0, 0.05) is 60.8 Å². The van der Waals surface area contributed by atoms with Crippen molar-refractivity contribution in [2.75, 3.05) is 26.3 Å². The molecule has 0 aromatic carbocycles. The number of ether oxygens (including phenoxy) is 2. The van der Waals surface area contributed by atoms with E-state index < -0.39 is 0 Å². The number of likely N-dealkylation sites (tertiary alicyclic amines) is 1. The van der Waals surface area contributed by atoms with Gasteiger partial charge in [-0.25, -0.2) is 4.98 Å². The van der Waals surface area contributed by atoms with Crippen LogP contribution < -0.4 is 4.74 Å². The van der Waals surface area contributed by atoms with Gasteiger partial charge in [0.1, 0.15) is 11.6 Å². The number of rotatable bonds is 5. The summed E-state index contributed by atoms with van der Waals surface area (Å²) in [6.07, 6.45) is 4.00. The Morgan fingerprint density at radius 2 is 2.12 bits per heavy atom. The molecule has 1 N–H and O–H groups in total. The van der Waals surface area contributed by atoms with Crippen molar-refractivity contribution in [3.8, 4) is 5.75 Å². The lowest BCUT2D eigenvalue weighted by Crippen LogP contribution is -2.27. The molecule has 24 heavy (non-hydrogen) atoms. The van der Waals surface area contributed by atoms with Crippen molar-refractivity contribution < 1.29 is 9.47 Å². The summed E-state index contributed by atoms with van der Waals surface area (Å²) in [6.45, 7) is 8.39. The molecule has 2 aliphatic rings. The number of pyridine rings is 1. The number of aryl methyl sites for hydroxylation is 2. The first-order valence-corrected chi connectivity index (χ1v) is 8.57. The van der Waals surface area contributed by atoms with Crippen LogP contribution in [0.4, 0.5) is 0 Å². The Hall–Kier alpha value is -1.92. The topological polar surface area (TPSA) is 63.3 Å². The summed E-state index contributed by atoms with van der Waals surface area (Å²) in [5, 5.41) is 0. The van der Waals surface area contributed by atoms with Gasteiger partial charge < -0.3 is 14.5 Å². The number of nitrogens with zero attached hydrogens (tertiary/aromatic N) is 3. The maximum atomic E-state index is 6.04. The summed E-state index contributed by atoms with van der Waals surface area (Å²) in [5.74, 6) is 2.92. The van der Waals surface area contributed by atoms with Crippen LogP contribution in [0.1, 0.15) is 17.2 Å². The van der Waals surface area contributed by atoms with Gasteiger partial charge in [-0.05, 0) is 13.8 Å². The number of aromatic nitrogens is 3. The Balaban J connectivity index is 1.34. The van der Waals surface area contributed by atoms with Crippen molar-refractivity contribution in [2.24, 2.45) is 11.8 Å². The molecule has 6 nitrogen and oxygen atoms in total. The third kappa shape index (κ3) is 3.30. The Kier molecular flexibility index (Phi) is 4.24. The van der Waals surface area contributed by atoms with Gasteiger partial charge in [0.25, 0.3) is 0 Å². The van der Waals surface area contributed by atoms with Crippen molar-refractivity contribution in [3.63, 3.8) is 0 Å². The van der Waals surface area contributed by atoms with E-state index in [1.807, 2.05) is 32.2 Å². The smallest absolute Gasteiger partial charge is 0.122 e. The van der Waals surface area contributed by atoms with Crippen molar-refractivity contribution in [1.29, 1.82) is 0 Å². The minimum absolute atomic E-state index is 0.328. The molecule has 4 heterocycles. The van der Waals surface area contributed by atoms with Crippen LogP contribution in [0.15, 0.2) is 24.5 Å². The highest BCUT2D eigenvalue weighted by atomic mass is 16.5. The molecule has 0 aliphatic carbocycles. The van der Waals surface area contributed by atoms with Crippen LogP contribution in [0.3, 0.4) is 0 Å². The minimum Gasteiger partial charge on any atom is -0.493 e. The Labute approximate surface area is 142 Å². The Morgan fingerprint density at radius 1 is 1.29 bits per heavy atom. The van der Waals surface area contributed by atoms with E-state index in [-0.39, 0.29) is 0 Å². The summed E-state index contributed by atoms with van der Waals surface area (Å²) < 4.78 is 12.1. The van der Waals surface area contributed by atoms with Gasteiger partial charge in [-0.1, -0.05) is 0 Å². The third-order valence-corrected chi connectivity index (χ3v) is 4.96. The second-order valence-electron chi connectivity index (χ2n) is 6.92. The quantitative estimate of drug-likeness (QED) is 0.909. The lowest BCUT2D eigenvalue weighted by Gasteiger charge is -2.19.